The van der Waals surface area contributed by atoms with Crippen LogP contribution in [0.3, 0.4) is 0 Å². The molecule has 1 aliphatic heterocycles. The Morgan fingerprint density at radius 1 is 1.14 bits per heavy atom. The molecule has 1 aliphatic rings. The summed E-state index contributed by atoms with van der Waals surface area (Å²) in [7, 11) is 0. The van der Waals surface area contributed by atoms with Crippen LogP contribution in [0.2, 0.25) is 10.0 Å². The average Bonchev–Trinajstić information content (AvgIpc) is 2.76. The fourth-order valence-electron chi connectivity index (χ4n) is 2.47. The van der Waals surface area contributed by atoms with Crippen LogP contribution in [0, 0.1) is 6.92 Å². The largest absolute Gasteiger partial charge is 0.325 e. The number of halogens is 3. The van der Waals surface area contributed by atoms with E-state index in [1.54, 1.807) is 6.07 Å². The molecule has 1 unspecified atom stereocenters. The second kappa shape index (κ2) is 5.64. The minimum absolute atomic E-state index is 0.00212. The van der Waals surface area contributed by atoms with Crippen LogP contribution in [0.4, 0.5) is 5.69 Å². The maximum absolute atomic E-state index is 11.5. The van der Waals surface area contributed by atoms with Crippen molar-refractivity contribution in [1.29, 1.82) is 0 Å². The van der Waals surface area contributed by atoms with E-state index in [-0.39, 0.29) is 10.7 Å². The number of amides is 1. The highest BCUT2D eigenvalue weighted by atomic mass is 79.9. The minimum Gasteiger partial charge on any atom is -0.325 e. The van der Waals surface area contributed by atoms with Crippen molar-refractivity contribution in [2.24, 2.45) is 0 Å². The zero-order chi connectivity index (χ0) is 15.1. The summed E-state index contributed by atoms with van der Waals surface area (Å²) in [5, 5.41) is 4.10. The molecule has 21 heavy (non-hydrogen) atoms. The lowest BCUT2D eigenvalue weighted by molar-refractivity contribution is -0.115. The predicted molar refractivity (Wildman–Crippen MR) is 90.7 cm³/mol. The smallest absolute Gasteiger partial charge is 0.228 e. The number of aryl methyl sites for hydroxylation is 1. The van der Waals surface area contributed by atoms with E-state index in [9.17, 15) is 4.79 Å². The van der Waals surface area contributed by atoms with Crippen LogP contribution in [-0.2, 0) is 11.2 Å². The summed E-state index contributed by atoms with van der Waals surface area (Å²) in [6.07, 6.45) is 0.390. The van der Waals surface area contributed by atoms with Crippen molar-refractivity contribution >= 4 is 50.7 Å². The van der Waals surface area contributed by atoms with Gasteiger partial charge >= 0.3 is 0 Å². The van der Waals surface area contributed by atoms with Gasteiger partial charge < -0.3 is 5.32 Å². The van der Waals surface area contributed by atoms with Crippen LogP contribution >= 0.6 is 39.1 Å². The predicted octanol–water partition coefficient (Wildman–Crippen LogP) is 5.28. The first-order valence-electron chi connectivity index (χ1n) is 6.48. The Bertz CT molecular complexity index is 745. The lowest BCUT2D eigenvalue weighted by atomic mass is 10.0. The second-order valence-electron chi connectivity index (χ2n) is 5.14. The molecule has 1 atom stereocenters. The van der Waals surface area contributed by atoms with Crippen molar-refractivity contribution in [2.45, 2.75) is 18.2 Å². The molecule has 0 radical (unpaired) electrons. The average molecular weight is 385 g/mol. The summed E-state index contributed by atoms with van der Waals surface area (Å²) in [5.41, 5.74) is 4.74. The highest BCUT2D eigenvalue weighted by Gasteiger charge is 2.23. The van der Waals surface area contributed by atoms with Crippen LogP contribution in [0.15, 0.2) is 30.3 Å². The molecule has 108 valence electrons. The summed E-state index contributed by atoms with van der Waals surface area (Å²) >= 11 is 16.4. The Hall–Kier alpha value is -1.03. The van der Waals surface area contributed by atoms with E-state index in [1.807, 2.05) is 31.2 Å². The summed E-state index contributed by atoms with van der Waals surface area (Å²) in [6.45, 7) is 2.00. The van der Waals surface area contributed by atoms with E-state index < -0.39 is 0 Å². The monoisotopic (exact) mass is 383 g/mol. The van der Waals surface area contributed by atoms with Crippen molar-refractivity contribution in [3.63, 3.8) is 0 Å². The number of nitrogens with one attached hydrogen (secondary N) is 1. The van der Waals surface area contributed by atoms with Crippen LogP contribution in [0.5, 0.6) is 0 Å². The molecule has 0 saturated heterocycles. The number of alkyl halides is 1. The molecule has 2 aromatic carbocycles. The van der Waals surface area contributed by atoms with Crippen molar-refractivity contribution in [1.82, 2.24) is 0 Å². The molecular formula is C16H12BrCl2NO. The fraction of sp³-hybridized carbons (Fsp3) is 0.188. The molecule has 0 saturated carbocycles. The van der Waals surface area contributed by atoms with Gasteiger partial charge in [0.25, 0.3) is 0 Å². The zero-order valence-electron chi connectivity index (χ0n) is 11.2. The van der Waals surface area contributed by atoms with Crippen LogP contribution < -0.4 is 5.32 Å². The Labute approximate surface area is 141 Å². The molecule has 2 nitrogen and oxygen atoms in total. The van der Waals surface area contributed by atoms with Gasteiger partial charge in [-0.3, -0.25) is 4.79 Å². The normalized spacial score (nSPS) is 14.8. The van der Waals surface area contributed by atoms with Gasteiger partial charge in [-0.2, -0.15) is 0 Å². The van der Waals surface area contributed by atoms with E-state index in [0.29, 0.717) is 16.5 Å². The Kier molecular flexibility index (Phi) is 4.00. The van der Waals surface area contributed by atoms with Crippen molar-refractivity contribution in [3.8, 4) is 0 Å². The molecule has 5 heteroatoms. The first-order chi connectivity index (χ1) is 9.95. The molecule has 1 amide bonds. The number of carbonyl (C=O) groups excluding carboxylic acids is 1. The van der Waals surface area contributed by atoms with Crippen LogP contribution in [0.25, 0.3) is 0 Å². The summed E-state index contributed by atoms with van der Waals surface area (Å²) < 4.78 is 0. The van der Waals surface area contributed by atoms with Gasteiger partial charge in [-0.25, -0.2) is 0 Å². The third-order valence-electron chi connectivity index (χ3n) is 3.55. The molecule has 0 aromatic heterocycles. The first-order valence-corrected chi connectivity index (χ1v) is 8.15. The summed E-state index contributed by atoms with van der Waals surface area (Å²) in [4.78, 5) is 11.4. The quantitative estimate of drug-likeness (QED) is 0.701. The number of rotatable bonds is 2. The molecule has 0 aliphatic carbocycles. The van der Waals surface area contributed by atoms with Crippen LogP contribution in [0.1, 0.15) is 27.1 Å². The number of hydrogen-bond donors (Lipinski definition) is 1. The molecule has 0 bridgehead atoms. The minimum atomic E-state index is -0.112. The molecule has 3 rings (SSSR count). The summed E-state index contributed by atoms with van der Waals surface area (Å²) in [5.74, 6) is -0.00212. The number of fused-ring (bicyclic) bond motifs is 1. The Morgan fingerprint density at radius 2 is 1.86 bits per heavy atom. The molecule has 0 spiro atoms. The highest BCUT2D eigenvalue weighted by molar-refractivity contribution is 9.09. The second-order valence-corrected chi connectivity index (χ2v) is 6.87. The maximum Gasteiger partial charge on any atom is 0.228 e. The number of carbonyl (C=O) groups is 1. The molecule has 2 aromatic rings. The standard InChI is InChI=1S/C16H12BrCl2NO/c1-8-2-3-10(12(18)4-8)16(17)11-5-9-6-15(21)20-14(9)7-13(11)19/h2-5,7,16H,6H2,1H3,(H,20,21). The highest BCUT2D eigenvalue weighted by Crippen LogP contribution is 2.41. The van der Waals surface area contributed by atoms with Gasteiger partial charge in [0, 0.05) is 15.7 Å². The number of benzene rings is 2. The van der Waals surface area contributed by atoms with Crippen molar-refractivity contribution in [2.75, 3.05) is 5.32 Å². The SMILES string of the molecule is Cc1ccc(C(Br)c2cc3c(cc2Cl)NC(=O)C3)c(Cl)c1. The number of anilines is 1. The van der Waals surface area contributed by atoms with Gasteiger partial charge in [0.1, 0.15) is 0 Å². The Balaban J connectivity index is 2.04. The third kappa shape index (κ3) is 2.83. The van der Waals surface area contributed by atoms with E-state index in [1.165, 1.54) is 0 Å². The van der Waals surface area contributed by atoms with Crippen LogP contribution in [-0.4, -0.2) is 5.91 Å². The van der Waals surface area contributed by atoms with Crippen molar-refractivity contribution < 1.29 is 4.79 Å². The third-order valence-corrected chi connectivity index (χ3v) is 5.19. The molecule has 1 heterocycles. The van der Waals surface area contributed by atoms with E-state index in [2.05, 4.69) is 21.2 Å². The van der Waals surface area contributed by atoms with Gasteiger partial charge in [0.15, 0.2) is 0 Å². The maximum atomic E-state index is 11.5. The fourth-order valence-corrected chi connectivity index (χ4v) is 4.13. The molecular weight excluding hydrogens is 373 g/mol. The first kappa shape index (κ1) is 14.9. The van der Waals surface area contributed by atoms with Gasteiger partial charge in [0.05, 0.1) is 11.2 Å². The lowest BCUT2D eigenvalue weighted by Gasteiger charge is -2.16. The topological polar surface area (TPSA) is 29.1 Å². The van der Waals surface area contributed by atoms with Gasteiger partial charge in [-0.1, -0.05) is 57.3 Å². The van der Waals surface area contributed by atoms with Crippen molar-refractivity contribution in [3.05, 3.63) is 62.6 Å². The van der Waals surface area contributed by atoms with Gasteiger partial charge in [-0.05, 0) is 41.3 Å². The van der Waals surface area contributed by atoms with E-state index in [0.717, 1.165) is 27.9 Å². The van der Waals surface area contributed by atoms with E-state index >= 15 is 0 Å². The Morgan fingerprint density at radius 3 is 2.57 bits per heavy atom. The van der Waals surface area contributed by atoms with Gasteiger partial charge in [0.2, 0.25) is 5.91 Å². The number of hydrogen-bond acceptors (Lipinski definition) is 1. The lowest BCUT2D eigenvalue weighted by Crippen LogP contribution is -2.03. The molecule has 0 fully saturated rings. The summed E-state index contributed by atoms with van der Waals surface area (Å²) in [6, 6.07) is 9.70. The molecule has 1 N–H and O–H groups in total. The zero-order valence-corrected chi connectivity index (χ0v) is 14.3. The van der Waals surface area contributed by atoms with E-state index in [4.69, 9.17) is 23.2 Å². The van der Waals surface area contributed by atoms with Gasteiger partial charge in [-0.15, -0.1) is 0 Å².